The third-order valence-corrected chi connectivity index (χ3v) is 4.36. The van der Waals surface area contributed by atoms with E-state index < -0.39 is 0 Å². The molecule has 0 aromatic heterocycles. The predicted molar refractivity (Wildman–Crippen MR) is 69.6 cm³/mol. The molecule has 2 heteroatoms. The minimum absolute atomic E-state index is 0.248. The van der Waals surface area contributed by atoms with Crippen LogP contribution in [0.2, 0.25) is 0 Å². The average Bonchev–Trinajstić information content (AvgIpc) is 2.99. The van der Waals surface area contributed by atoms with Crippen molar-refractivity contribution in [3.63, 3.8) is 0 Å². The van der Waals surface area contributed by atoms with Gasteiger partial charge in [-0.25, -0.2) is 0 Å². The van der Waals surface area contributed by atoms with Crippen LogP contribution in [0.15, 0.2) is 0 Å². The summed E-state index contributed by atoms with van der Waals surface area (Å²) in [5.41, 5.74) is 0.575. The zero-order valence-electron chi connectivity index (χ0n) is 11.6. The maximum Gasteiger partial charge on any atom is 0.0499 e. The number of nitrogens with zero attached hydrogens (tertiary/aromatic N) is 1. The van der Waals surface area contributed by atoms with Crippen LogP contribution in [0.4, 0.5) is 0 Å². The SMILES string of the molecule is CCCC(C)(CCC)N(C)CC1(CO)CC1. The largest absolute Gasteiger partial charge is 0.396 e. The third kappa shape index (κ3) is 3.21. The van der Waals surface area contributed by atoms with Crippen LogP contribution in [0.5, 0.6) is 0 Å². The number of hydrogen-bond acceptors (Lipinski definition) is 2. The second kappa shape index (κ2) is 5.50. The summed E-state index contributed by atoms with van der Waals surface area (Å²) in [5, 5.41) is 9.40. The van der Waals surface area contributed by atoms with Gasteiger partial charge >= 0.3 is 0 Å². The molecule has 1 rings (SSSR count). The normalized spacial score (nSPS) is 19.1. The van der Waals surface area contributed by atoms with Crippen LogP contribution in [0.25, 0.3) is 0 Å². The average molecular weight is 227 g/mol. The van der Waals surface area contributed by atoms with Crippen molar-refractivity contribution in [3.05, 3.63) is 0 Å². The van der Waals surface area contributed by atoms with Crippen molar-refractivity contribution in [3.8, 4) is 0 Å². The van der Waals surface area contributed by atoms with E-state index in [9.17, 15) is 5.11 Å². The second-order valence-corrected chi connectivity index (χ2v) is 6.01. The molecule has 0 saturated heterocycles. The lowest BCUT2D eigenvalue weighted by Gasteiger charge is -2.41. The highest BCUT2D eigenvalue weighted by Gasteiger charge is 2.45. The Morgan fingerprint density at radius 2 is 1.69 bits per heavy atom. The van der Waals surface area contributed by atoms with Gasteiger partial charge in [0, 0.05) is 24.1 Å². The van der Waals surface area contributed by atoms with E-state index in [1.165, 1.54) is 38.5 Å². The molecule has 0 heterocycles. The molecule has 0 aromatic rings. The number of hydrogen-bond donors (Lipinski definition) is 1. The lowest BCUT2D eigenvalue weighted by Crippen LogP contribution is -2.46. The van der Waals surface area contributed by atoms with Crippen LogP contribution in [0.3, 0.4) is 0 Å². The highest BCUT2D eigenvalue weighted by Crippen LogP contribution is 2.46. The summed E-state index contributed by atoms with van der Waals surface area (Å²) in [6, 6.07) is 0. The molecule has 1 saturated carbocycles. The molecule has 1 aliphatic rings. The van der Waals surface area contributed by atoms with E-state index in [4.69, 9.17) is 0 Å². The predicted octanol–water partition coefficient (Wildman–Crippen LogP) is 3.05. The fourth-order valence-electron chi connectivity index (χ4n) is 2.82. The van der Waals surface area contributed by atoms with Crippen molar-refractivity contribution < 1.29 is 5.11 Å². The fourth-order valence-corrected chi connectivity index (χ4v) is 2.82. The molecule has 96 valence electrons. The first-order chi connectivity index (χ1) is 7.52. The van der Waals surface area contributed by atoms with E-state index in [2.05, 4.69) is 32.7 Å². The van der Waals surface area contributed by atoms with Crippen LogP contribution < -0.4 is 0 Å². The molecule has 0 amide bonds. The fraction of sp³-hybridized carbons (Fsp3) is 1.00. The maximum atomic E-state index is 9.40. The van der Waals surface area contributed by atoms with Gasteiger partial charge in [-0.2, -0.15) is 0 Å². The Bertz CT molecular complexity index is 205. The molecule has 0 atom stereocenters. The minimum Gasteiger partial charge on any atom is -0.396 e. The van der Waals surface area contributed by atoms with Gasteiger partial charge in [0.25, 0.3) is 0 Å². The Morgan fingerprint density at radius 3 is 2.00 bits per heavy atom. The smallest absolute Gasteiger partial charge is 0.0499 e. The molecule has 0 bridgehead atoms. The van der Waals surface area contributed by atoms with Crippen molar-refractivity contribution in [2.45, 2.75) is 64.8 Å². The summed E-state index contributed by atoms with van der Waals surface area (Å²) in [5.74, 6) is 0. The Labute approximate surface area is 101 Å². The van der Waals surface area contributed by atoms with Crippen LogP contribution in [0.1, 0.15) is 59.3 Å². The molecule has 16 heavy (non-hydrogen) atoms. The minimum atomic E-state index is 0.248. The highest BCUT2D eigenvalue weighted by atomic mass is 16.3. The first kappa shape index (κ1) is 14.0. The van der Waals surface area contributed by atoms with Crippen LogP contribution in [0, 0.1) is 5.41 Å². The lowest BCUT2D eigenvalue weighted by molar-refractivity contribution is 0.0700. The van der Waals surface area contributed by atoms with Crippen molar-refractivity contribution in [1.82, 2.24) is 4.90 Å². The van der Waals surface area contributed by atoms with Crippen LogP contribution in [-0.2, 0) is 0 Å². The summed E-state index contributed by atoms with van der Waals surface area (Å²) in [6.45, 7) is 8.35. The highest BCUT2D eigenvalue weighted by molar-refractivity contribution is 4.97. The quantitative estimate of drug-likeness (QED) is 0.689. The number of rotatable bonds is 8. The maximum absolute atomic E-state index is 9.40. The Kier molecular flexibility index (Phi) is 4.81. The van der Waals surface area contributed by atoms with Crippen LogP contribution in [-0.4, -0.2) is 35.7 Å². The van der Waals surface area contributed by atoms with E-state index in [0.717, 1.165) is 6.54 Å². The van der Waals surface area contributed by atoms with Gasteiger partial charge in [-0.3, -0.25) is 0 Å². The molecule has 0 radical (unpaired) electrons. The molecule has 0 unspecified atom stereocenters. The molecule has 0 aliphatic heterocycles. The van der Waals surface area contributed by atoms with Crippen molar-refractivity contribution in [2.75, 3.05) is 20.2 Å². The zero-order valence-corrected chi connectivity index (χ0v) is 11.6. The Hall–Kier alpha value is -0.0800. The van der Waals surface area contributed by atoms with Gasteiger partial charge in [0.1, 0.15) is 0 Å². The monoisotopic (exact) mass is 227 g/mol. The van der Waals surface area contributed by atoms with Crippen molar-refractivity contribution in [1.29, 1.82) is 0 Å². The van der Waals surface area contributed by atoms with Gasteiger partial charge in [-0.1, -0.05) is 26.7 Å². The number of aliphatic hydroxyl groups is 1. The van der Waals surface area contributed by atoms with Gasteiger partial charge in [-0.05, 0) is 39.7 Å². The molecule has 1 aliphatic carbocycles. The standard InChI is InChI=1S/C14H29NO/c1-5-7-13(3,8-6-2)15(4)11-14(12-16)9-10-14/h16H,5-12H2,1-4H3. The van der Waals surface area contributed by atoms with Gasteiger partial charge in [0.05, 0.1) is 0 Å². The van der Waals surface area contributed by atoms with Gasteiger partial charge in [0.2, 0.25) is 0 Å². The van der Waals surface area contributed by atoms with E-state index in [-0.39, 0.29) is 5.41 Å². The van der Waals surface area contributed by atoms with E-state index in [1.54, 1.807) is 0 Å². The Balaban J connectivity index is 2.56. The third-order valence-electron chi connectivity index (χ3n) is 4.36. The lowest BCUT2D eigenvalue weighted by atomic mass is 9.88. The van der Waals surface area contributed by atoms with E-state index in [1.807, 2.05) is 0 Å². The zero-order chi connectivity index (χ0) is 12.2. The topological polar surface area (TPSA) is 23.5 Å². The van der Waals surface area contributed by atoms with Crippen LogP contribution >= 0.6 is 0 Å². The number of aliphatic hydroxyl groups excluding tert-OH is 1. The molecule has 1 N–H and O–H groups in total. The first-order valence-electron chi connectivity index (χ1n) is 6.84. The molecule has 0 spiro atoms. The molecule has 1 fully saturated rings. The van der Waals surface area contributed by atoms with Gasteiger partial charge in [-0.15, -0.1) is 0 Å². The van der Waals surface area contributed by atoms with Crippen molar-refractivity contribution >= 4 is 0 Å². The second-order valence-electron chi connectivity index (χ2n) is 6.01. The van der Waals surface area contributed by atoms with Crippen molar-refractivity contribution in [2.24, 2.45) is 5.41 Å². The molecule has 0 aromatic carbocycles. The summed E-state index contributed by atoms with van der Waals surface area (Å²) >= 11 is 0. The Morgan fingerprint density at radius 1 is 1.19 bits per heavy atom. The summed E-state index contributed by atoms with van der Waals surface area (Å²) in [6.07, 6.45) is 7.43. The molecular formula is C14H29NO. The van der Waals surface area contributed by atoms with E-state index >= 15 is 0 Å². The van der Waals surface area contributed by atoms with Gasteiger partial charge < -0.3 is 10.0 Å². The summed E-state index contributed by atoms with van der Waals surface area (Å²) < 4.78 is 0. The first-order valence-corrected chi connectivity index (χ1v) is 6.84. The summed E-state index contributed by atoms with van der Waals surface area (Å²) in [7, 11) is 2.24. The molecular weight excluding hydrogens is 198 g/mol. The molecule has 2 nitrogen and oxygen atoms in total. The van der Waals surface area contributed by atoms with E-state index in [0.29, 0.717) is 12.1 Å². The van der Waals surface area contributed by atoms with Gasteiger partial charge in [0.15, 0.2) is 0 Å². The summed E-state index contributed by atoms with van der Waals surface area (Å²) in [4.78, 5) is 2.50.